The number of rotatable bonds is 7. The summed E-state index contributed by atoms with van der Waals surface area (Å²) in [4.78, 5) is 40.7. The number of aliphatic hydroxyl groups is 1. The first-order chi connectivity index (χ1) is 12.9. The maximum absolute atomic E-state index is 13.0. The SMILES string of the molecule is CCN(CC)C(=O)[C@@H]1C[C@H](NC(=O)CO)CN1C(=O)Cc1ccccc1C. The molecule has 1 heterocycles. The quantitative estimate of drug-likeness (QED) is 0.726. The highest BCUT2D eigenvalue weighted by Gasteiger charge is 2.41. The third kappa shape index (κ3) is 5.07. The molecular formula is C20H29N3O4. The van der Waals surface area contributed by atoms with Crippen LogP contribution in [0.5, 0.6) is 0 Å². The minimum absolute atomic E-state index is 0.0983. The molecule has 1 aliphatic rings. The second-order valence-electron chi connectivity index (χ2n) is 6.83. The van der Waals surface area contributed by atoms with Gasteiger partial charge < -0.3 is 20.2 Å². The molecule has 1 fully saturated rings. The van der Waals surface area contributed by atoms with Crippen LogP contribution in [-0.2, 0) is 20.8 Å². The number of likely N-dealkylation sites (tertiary alicyclic amines) is 1. The molecule has 0 spiro atoms. The highest BCUT2D eigenvalue weighted by Crippen LogP contribution is 2.22. The largest absolute Gasteiger partial charge is 0.387 e. The molecule has 1 aromatic carbocycles. The number of carbonyl (C=O) groups excluding carboxylic acids is 3. The van der Waals surface area contributed by atoms with Gasteiger partial charge in [0.05, 0.1) is 6.42 Å². The summed E-state index contributed by atoms with van der Waals surface area (Å²) < 4.78 is 0. The lowest BCUT2D eigenvalue weighted by Crippen LogP contribution is -2.48. The van der Waals surface area contributed by atoms with Gasteiger partial charge in [0.2, 0.25) is 17.7 Å². The molecule has 3 amide bonds. The van der Waals surface area contributed by atoms with Gasteiger partial charge in [-0.15, -0.1) is 0 Å². The average molecular weight is 375 g/mol. The van der Waals surface area contributed by atoms with Crippen molar-refractivity contribution in [3.63, 3.8) is 0 Å². The molecule has 0 bridgehead atoms. The van der Waals surface area contributed by atoms with E-state index in [1.54, 1.807) is 9.80 Å². The summed E-state index contributed by atoms with van der Waals surface area (Å²) in [6, 6.07) is 6.75. The van der Waals surface area contributed by atoms with Crippen LogP contribution >= 0.6 is 0 Å². The summed E-state index contributed by atoms with van der Waals surface area (Å²) in [6.07, 6.45) is 0.579. The molecule has 1 aromatic rings. The van der Waals surface area contributed by atoms with Crippen LogP contribution in [0.2, 0.25) is 0 Å². The first kappa shape index (κ1) is 20.9. The van der Waals surface area contributed by atoms with E-state index in [2.05, 4.69) is 5.32 Å². The van der Waals surface area contributed by atoms with Crippen molar-refractivity contribution in [1.82, 2.24) is 15.1 Å². The summed E-state index contributed by atoms with van der Waals surface area (Å²) in [5.41, 5.74) is 1.96. The van der Waals surface area contributed by atoms with Crippen molar-refractivity contribution in [2.24, 2.45) is 0 Å². The average Bonchev–Trinajstić information content (AvgIpc) is 3.08. The standard InChI is InChI=1S/C20H29N3O4/c1-4-22(5-2)20(27)17-11-16(21-18(25)13-24)12-23(17)19(26)10-15-9-7-6-8-14(15)3/h6-9,16-17,24H,4-5,10-13H2,1-3H3,(H,21,25)/t16-,17-/m0/s1. The maximum Gasteiger partial charge on any atom is 0.245 e. The molecule has 0 unspecified atom stereocenters. The van der Waals surface area contributed by atoms with Crippen molar-refractivity contribution >= 4 is 17.7 Å². The summed E-state index contributed by atoms with van der Waals surface area (Å²) in [7, 11) is 0. The lowest BCUT2D eigenvalue weighted by Gasteiger charge is -2.29. The van der Waals surface area contributed by atoms with Crippen LogP contribution in [0.15, 0.2) is 24.3 Å². The first-order valence-electron chi connectivity index (χ1n) is 9.44. The molecule has 1 aliphatic heterocycles. The van der Waals surface area contributed by atoms with E-state index in [1.807, 2.05) is 45.0 Å². The predicted octanol–water partition coefficient (Wildman–Crippen LogP) is 0.484. The number of benzene rings is 1. The van der Waals surface area contributed by atoms with Gasteiger partial charge in [-0.3, -0.25) is 14.4 Å². The molecule has 2 atom stereocenters. The third-order valence-electron chi connectivity index (χ3n) is 5.09. The van der Waals surface area contributed by atoms with Gasteiger partial charge in [-0.05, 0) is 38.3 Å². The monoisotopic (exact) mass is 375 g/mol. The van der Waals surface area contributed by atoms with Gasteiger partial charge in [0.1, 0.15) is 12.6 Å². The fraction of sp³-hybridized carbons (Fsp3) is 0.550. The summed E-state index contributed by atoms with van der Waals surface area (Å²) in [6.45, 7) is 6.56. The molecule has 0 saturated carbocycles. The van der Waals surface area contributed by atoms with Crippen molar-refractivity contribution in [3.8, 4) is 0 Å². The van der Waals surface area contributed by atoms with E-state index in [-0.39, 0.29) is 30.8 Å². The molecular weight excluding hydrogens is 346 g/mol. The highest BCUT2D eigenvalue weighted by molar-refractivity contribution is 5.89. The predicted molar refractivity (Wildman–Crippen MR) is 102 cm³/mol. The van der Waals surface area contributed by atoms with Crippen LogP contribution in [0.3, 0.4) is 0 Å². The van der Waals surface area contributed by atoms with E-state index < -0.39 is 18.6 Å². The van der Waals surface area contributed by atoms with Crippen molar-refractivity contribution in [3.05, 3.63) is 35.4 Å². The third-order valence-corrected chi connectivity index (χ3v) is 5.09. The van der Waals surface area contributed by atoms with E-state index >= 15 is 0 Å². The van der Waals surface area contributed by atoms with E-state index in [0.29, 0.717) is 19.5 Å². The number of carbonyl (C=O) groups is 3. The van der Waals surface area contributed by atoms with Crippen molar-refractivity contribution in [1.29, 1.82) is 0 Å². The van der Waals surface area contributed by atoms with Crippen LogP contribution in [0.4, 0.5) is 0 Å². The Kier molecular flexibility index (Phi) is 7.36. The molecule has 27 heavy (non-hydrogen) atoms. The fourth-order valence-electron chi connectivity index (χ4n) is 3.54. The Hall–Kier alpha value is -2.41. The summed E-state index contributed by atoms with van der Waals surface area (Å²) in [5.74, 6) is -0.725. The normalized spacial score (nSPS) is 19.0. The molecule has 7 nitrogen and oxygen atoms in total. The first-order valence-corrected chi connectivity index (χ1v) is 9.44. The van der Waals surface area contributed by atoms with Crippen LogP contribution in [0.1, 0.15) is 31.4 Å². The van der Waals surface area contributed by atoms with Crippen LogP contribution < -0.4 is 5.32 Å². The minimum Gasteiger partial charge on any atom is -0.387 e. The second kappa shape index (κ2) is 9.50. The second-order valence-corrected chi connectivity index (χ2v) is 6.83. The van der Waals surface area contributed by atoms with Gasteiger partial charge in [-0.2, -0.15) is 0 Å². The van der Waals surface area contributed by atoms with Gasteiger partial charge in [0.25, 0.3) is 0 Å². The van der Waals surface area contributed by atoms with Crippen molar-refractivity contribution < 1.29 is 19.5 Å². The Morgan fingerprint density at radius 2 is 1.89 bits per heavy atom. The van der Waals surface area contributed by atoms with Crippen LogP contribution in [-0.4, -0.2) is 71.0 Å². The number of likely N-dealkylation sites (N-methyl/N-ethyl adjacent to an activating group) is 1. The van der Waals surface area contributed by atoms with E-state index in [1.165, 1.54) is 0 Å². The van der Waals surface area contributed by atoms with Gasteiger partial charge in [0.15, 0.2) is 0 Å². The smallest absolute Gasteiger partial charge is 0.245 e. The zero-order chi connectivity index (χ0) is 20.0. The van der Waals surface area contributed by atoms with Gasteiger partial charge in [-0.1, -0.05) is 24.3 Å². The molecule has 7 heteroatoms. The topological polar surface area (TPSA) is 89.9 Å². The van der Waals surface area contributed by atoms with Gasteiger partial charge in [-0.25, -0.2) is 0 Å². The maximum atomic E-state index is 13.0. The van der Waals surface area contributed by atoms with E-state index in [9.17, 15) is 14.4 Å². The zero-order valence-electron chi connectivity index (χ0n) is 16.3. The molecule has 0 radical (unpaired) electrons. The van der Waals surface area contributed by atoms with Crippen LogP contribution in [0.25, 0.3) is 0 Å². The molecule has 148 valence electrons. The Bertz CT molecular complexity index is 688. The Labute approximate surface area is 160 Å². The molecule has 2 rings (SSSR count). The van der Waals surface area contributed by atoms with Gasteiger partial charge in [0, 0.05) is 25.7 Å². The Morgan fingerprint density at radius 3 is 2.48 bits per heavy atom. The minimum atomic E-state index is -0.609. The molecule has 0 aliphatic carbocycles. The van der Waals surface area contributed by atoms with Gasteiger partial charge >= 0.3 is 0 Å². The van der Waals surface area contributed by atoms with Crippen molar-refractivity contribution in [2.75, 3.05) is 26.2 Å². The Balaban J connectivity index is 2.19. The number of nitrogens with zero attached hydrogens (tertiary/aromatic N) is 2. The Morgan fingerprint density at radius 1 is 1.22 bits per heavy atom. The molecule has 0 aromatic heterocycles. The van der Waals surface area contributed by atoms with Crippen molar-refractivity contribution in [2.45, 2.75) is 45.7 Å². The molecule has 1 saturated heterocycles. The zero-order valence-corrected chi connectivity index (χ0v) is 16.3. The number of hydrogen-bond acceptors (Lipinski definition) is 4. The lowest BCUT2D eigenvalue weighted by molar-refractivity contribution is -0.143. The summed E-state index contributed by atoms with van der Waals surface area (Å²) in [5, 5.41) is 11.7. The molecule has 2 N–H and O–H groups in total. The number of aliphatic hydroxyl groups excluding tert-OH is 1. The van der Waals surface area contributed by atoms with E-state index in [0.717, 1.165) is 11.1 Å². The number of hydrogen-bond donors (Lipinski definition) is 2. The van der Waals surface area contributed by atoms with Crippen LogP contribution in [0, 0.1) is 6.92 Å². The lowest BCUT2D eigenvalue weighted by atomic mass is 10.0. The highest BCUT2D eigenvalue weighted by atomic mass is 16.3. The fourth-order valence-corrected chi connectivity index (χ4v) is 3.54. The number of aryl methyl sites for hydroxylation is 1. The summed E-state index contributed by atoms with van der Waals surface area (Å²) >= 11 is 0. The van der Waals surface area contributed by atoms with E-state index in [4.69, 9.17) is 5.11 Å². The number of amides is 3. The number of nitrogens with one attached hydrogen (secondary N) is 1.